The molecule has 0 radical (unpaired) electrons. The zero-order chi connectivity index (χ0) is 18.3. The maximum atomic E-state index is 14.3. The van der Waals surface area contributed by atoms with Crippen LogP contribution in [0.1, 0.15) is 23.5 Å². The van der Waals surface area contributed by atoms with Crippen LogP contribution in [0.4, 0.5) is 4.39 Å². The van der Waals surface area contributed by atoms with E-state index < -0.39 is 17.9 Å². The standard InChI is InChI=1S/C21H18FNO3/c22-16-5-1-3-13-4-2-6-18(19(13)16)26-14-9-7-12-8-10-17(23)20(21(24)25)15(12)11-14/h1-7,9,11,17,20H,8,10,23H2,(H,24,25). The van der Waals surface area contributed by atoms with Crippen molar-refractivity contribution in [1.82, 2.24) is 0 Å². The Kier molecular flexibility index (Phi) is 4.09. The minimum atomic E-state index is -0.938. The Morgan fingerprint density at radius 1 is 1.15 bits per heavy atom. The average Bonchev–Trinajstić information content (AvgIpc) is 2.61. The molecule has 26 heavy (non-hydrogen) atoms. The first-order valence-corrected chi connectivity index (χ1v) is 8.51. The minimum Gasteiger partial charge on any atom is -0.481 e. The molecule has 5 heteroatoms. The first-order valence-electron chi connectivity index (χ1n) is 8.51. The number of fused-ring (bicyclic) bond motifs is 2. The summed E-state index contributed by atoms with van der Waals surface area (Å²) >= 11 is 0. The fourth-order valence-electron chi connectivity index (χ4n) is 3.66. The van der Waals surface area contributed by atoms with Crippen LogP contribution in [-0.4, -0.2) is 17.1 Å². The molecule has 0 aromatic heterocycles. The smallest absolute Gasteiger partial charge is 0.312 e. The minimum absolute atomic E-state index is 0.360. The van der Waals surface area contributed by atoms with E-state index in [-0.39, 0.29) is 5.82 Å². The van der Waals surface area contributed by atoms with E-state index in [1.54, 1.807) is 30.3 Å². The van der Waals surface area contributed by atoms with Gasteiger partial charge in [-0.25, -0.2) is 4.39 Å². The number of halogens is 1. The van der Waals surface area contributed by atoms with E-state index >= 15 is 0 Å². The number of aliphatic carboxylic acids is 1. The lowest BCUT2D eigenvalue weighted by Crippen LogP contribution is -2.37. The molecule has 2 atom stereocenters. The topological polar surface area (TPSA) is 72.5 Å². The summed E-state index contributed by atoms with van der Waals surface area (Å²) in [5, 5.41) is 10.7. The van der Waals surface area contributed by atoms with E-state index in [1.165, 1.54) is 6.07 Å². The molecule has 3 N–H and O–H groups in total. The molecule has 0 fully saturated rings. The van der Waals surface area contributed by atoms with E-state index in [1.807, 2.05) is 18.2 Å². The van der Waals surface area contributed by atoms with Crippen molar-refractivity contribution in [2.45, 2.75) is 24.8 Å². The van der Waals surface area contributed by atoms with E-state index in [4.69, 9.17) is 10.5 Å². The Morgan fingerprint density at radius 3 is 2.69 bits per heavy atom. The molecule has 0 amide bonds. The highest BCUT2D eigenvalue weighted by molar-refractivity contribution is 5.89. The van der Waals surface area contributed by atoms with Crippen molar-refractivity contribution in [1.29, 1.82) is 0 Å². The molecule has 0 saturated heterocycles. The molecule has 3 aromatic carbocycles. The summed E-state index contributed by atoms with van der Waals surface area (Å²) in [5.74, 6) is -1.19. The van der Waals surface area contributed by atoms with Crippen molar-refractivity contribution in [3.05, 3.63) is 71.5 Å². The third-order valence-corrected chi connectivity index (χ3v) is 4.94. The molecule has 0 spiro atoms. The molecule has 0 bridgehead atoms. The number of rotatable bonds is 3. The van der Waals surface area contributed by atoms with Crippen LogP contribution in [0.2, 0.25) is 0 Å². The van der Waals surface area contributed by atoms with Crippen LogP contribution in [0, 0.1) is 5.82 Å². The second kappa shape index (κ2) is 6.42. The van der Waals surface area contributed by atoms with Gasteiger partial charge in [0.1, 0.15) is 17.3 Å². The van der Waals surface area contributed by atoms with Crippen molar-refractivity contribution in [2.24, 2.45) is 5.73 Å². The van der Waals surface area contributed by atoms with Gasteiger partial charge in [-0.2, -0.15) is 0 Å². The predicted molar refractivity (Wildman–Crippen MR) is 97.1 cm³/mol. The first kappa shape index (κ1) is 16.5. The van der Waals surface area contributed by atoms with Crippen LogP contribution in [0.5, 0.6) is 11.5 Å². The van der Waals surface area contributed by atoms with Gasteiger partial charge < -0.3 is 15.6 Å². The Bertz CT molecular complexity index is 996. The number of carboxylic acids is 1. The molecule has 0 aliphatic heterocycles. The normalized spacial score (nSPS) is 19.2. The summed E-state index contributed by atoms with van der Waals surface area (Å²) in [4.78, 5) is 11.6. The highest BCUT2D eigenvalue weighted by atomic mass is 19.1. The van der Waals surface area contributed by atoms with Gasteiger partial charge >= 0.3 is 5.97 Å². The summed E-state index contributed by atoms with van der Waals surface area (Å²) in [6, 6.07) is 15.1. The van der Waals surface area contributed by atoms with Gasteiger partial charge in [0.05, 0.1) is 11.3 Å². The van der Waals surface area contributed by atoms with Gasteiger partial charge in [0, 0.05) is 6.04 Å². The maximum absolute atomic E-state index is 14.3. The van der Waals surface area contributed by atoms with Crippen LogP contribution < -0.4 is 10.5 Å². The monoisotopic (exact) mass is 351 g/mol. The SMILES string of the molecule is NC1CCc2ccc(Oc3cccc4cccc(F)c34)cc2C1C(=O)O. The highest BCUT2D eigenvalue weighted by Gasteiger charge is 2.33. The van der Waals surface area contributed by atoms with Crippen molar-refractivity contribution < 1.29 is 19.0 Å². The fourth-order valence-corrected chi connectivity index (χ4v) is 3.66. The number of ether oxygens (including phenoxy) is 1. The van der Waals surface area contributed by atoms with Gasteiger partial charge in [0.15, 0.2) is 0 Å². The summed E-state index contributed by atoms with van der Waals surface area (Å²) in [5.41, 5.74) is 7.66. The molecule has 3 aromatic rings. The lowest BCUT2D eigenvalue weighted by atomic mass is 9.79. The number of hydrogen-bond acceptors (Lipinski definition) is 3. The molecule has 0 heterocycles. The second-order valence-electron chi connectivity index (χ2n) is 6.58. The number of carboxylic acid groups (broad SMARTS) is 1. The Balaban J connectivity index is 1.76. The van der Waals surface area contributed by atoms with Gasteiger partial charge in [-0.1, -0.05) is 30.3 Å². The molecule has 2 unspecified atom stereocenters. The second-order valence-corrected chi connectivity index (χ2v) is 6.58. The van der Waals surface area contributed by atoms with E-state index in [9.17, 15) is 14.3 Å². The van der Waals surface area contributed by atoms with E-state index in [0.717, 1.165) is 17.4 Å². The number of benzene rings is 3. The van der Waals surface area contributed by atoms with Crippen LogP contribution in [0.3, 0.4) is 0 Å². The van der Waals surface area contributed by atoms with Crippen molar-refractivity contribution in [3.63, 3.8) is 0 Å². The van der Waals surface area contributed by atoms with Crippen LogP contribution in [0.25, 0.3) is 10.8 Å². The van der Waals surface area contributed by atoms with Gasteiger partial charge in [0.2, 0.25) is 0 Å². The number of nitrogens with two attached hydrogens (primary N) is 1. The molecular weight excluding hydrogens is 333 g/mol. The quantitative estimate of drug-likeness (QED) is 0.741. The van der Waals surface area contributed by atoms with E-state index in [2.05, 4.69) is 0 Å². The van der Waals surface area contributed by atoms with Crippen LogP contribution in [-0.2, 0) is 11.2 Å². The number of aryl methyl sites for hydroxylation is 1. The molecule has 0 saturated carbocycles. The summed E-state index contributed by atoms with van der Waals surface area (Å²) in [6.45, 7) is 0. The Hall–Kier alpha value is -2.92. The Labute approximate surface area is 150 Å². The van der Waals surface area contributed by atoms with Gasteiger partial charge in [-0.3, -0.25) is 4.79 Å². The summed E-state index contributed by atoms with van der Waals surface area (Å²) in [7, 11) is 0. The van der Waals surface area contributed by atoms with Crippen LogP contribution in [0.15, 0.2) is 54.6 Å². The highest BCUT2D eigenvalue weighted by Crippen LogP contribution is 2.37. The zero-order valence-corrected chi connectivity index (χ0v) is 14.0. The average molecular weight is 351 g/mol. The third kappa shape index (κ3) is 2.80. The number of hydrogen-bond donors (Lipinski definition) is 2. The predicted octanol–water partition coefficient (Wildman–Crippen LogP) is 4.21. The van der Waals surface area contributed by atoms with Gasteiger partial charge in [-0.15, -0.1) is 0 Å². The molecule has 1 aliphatic rings. The lowest BCUT2D eigenvalue weighted by molar-refractivity contribution is -0.139. The summed E-state index contributed by atoms with van der Waals surface area (Å²) in [6.07, 6.45) is 1.38. The maximum Gasteiger partial charge on any atom is 0.312 e. The van der Waals surface area contributed by atoms with Gasteiger partial charge in [-0.05, 0) is 53.6 Å². The van der Waals surface area contributed by atoms with Crippen LogP contribution >= 0.6 is 0 Å². The molecule has 4 nitrogen and oxygen atoms in total. The molecule has 4 rings (SSSR count). The number of carbonyl (C=O) groups is 1. The molecular formula is C21H18FNO3. The molecule has 1 aliphatic carbocycles. The van der Waals surface area contributed by atoms with Crippen molar-refractivity contribution >= 4 is 16.7 Å². The largest absolute Gasteiger partial charge is 0.481 e. The molecule has 132 valence electrons. The summed E-state index contributed by atoms with van der Waals surface area (Å²) < 4.78 is 20.2. The van der Waals surface area contributed by atoms with Crippen molar-refractivity contribution in [2.75, 3.05) is 0 Å². The fraction of sp³-hybridized carbons (Fsp3) is 0.190. The van der Waals surface area contributed by atoms with Crippen molar-refractivity contribution in [3.8, 4) is 11.5 Å². The first-order chi connectivity index (χ1) is 12.5. The van der Waals surface area contributed by atoms with Gasteiger partial charge in [0.25, 0.3) is 0 Å². The van der Waals surface area contributed by atoms with E-state index in [0.29, 0.717) is 28.9 Å². The zero-order valence-electron chi connectivity index (χ0n) is 14.0. The lowest BCUT2D eigenvalue weighted by Gasteiger charge is -2.28. The third-order valence-electron chi connectivity index (χ3n) is 4.94. The Morgan fingerprint density at radius 2 is 1.92 bits per heavy atom.